The van der Waals surface area contributed by atoms with Crippen LogP contribution >= 0.6 is 22.9 Å². The SMILES string of the molecule is IN1CCN2NN3ON=CC3=C2C1. The zero-order valence-corrected chi connectivity index (χ0v) is 8.93. The molecular formula is C6H8IN5O. The van der Waals surface area contributed by atoms with Gasteiger partial charge in [0, 0.05) is 36.0 Å². The maximum absolute atomic E-state index is 4.98. The van der Waals surface area contributed by atoms with Gasteiger partial charge in [0.1, 0.15) is 11.9 Å². The van der Waals surface area contributed by atoms with Crippen molar-refractivity contribution in [1.29, 1.82) is 0 Å². The summed E-state index contributed by atoms with van der Waals surface area (Å²) >= 11 is 2.33. The summed E-state index contributed by atoms with van der Waals surface area (Å²) in [5.41, 5.74) is 5.33. The van der Waals surface area contributed by atoms with Crippen LogP contribution in [0.4, 0.5) is 0 Å². The number of nitrogens with one attached hydrogen (secondary N) is 1. The third kappa shape index (κ3) is 1.11. The van der Waals surface area contributed by atoms with Crippen LogP contribution < -0.4 is 5.53 Å². The van der Waals surface area contributed by atoms with Crippen LogP contribution in [-0.2, 0) is 4.94 Å². The molecule has 13 heavy (non-hydrogen) atoms. The van der Waals surface area contributed by atoms with E-state index in [1.54, 1.807) is 11.4 Å². The Morgan fingerprint density at radius 1 is 1.54 bits per heavy atom. The van der Waals surface area contributed by atoms with Crippen molar-refractivity contribution in [1.82, 2.24) is 18.8 Å². The van der Waals surface area contributed by atoms with Gasteiger partial charge in [0.2, 0.25) is 0 Å². The minimum atomic E-state index is 0.925. The Bertz CT molecular complexity index is 303. The first kappa shape index (κ1) is 7.83. The van der Waals surface area contributed by atoms with Gasteiger partial charge in [0.15, 0.2) is 0 Å². The second-order valence-electron chi connectivity index (χ2n) is 3.04. The van der Waals surface area contributed by atoms with Crippen LogP contribution in [0.15, 0.2) is 16.5 Å². The molecule has 0 aromatic carbocycles. The van der Waals surface area contributed by atoms with Crippen LogP contribution in [0.2, 0.25) is 0 Å². The molecule has 3 aliphatic heterocycles. The van der Waals surface area contributed by atoms with Gasteiger partial charge in [-0.15, -0.1) is 5.53 Å². The first-order valence-corrected chi connectivity index (χ1v) is 4.99. The number of rotatable bonds is 0. The minimum Gasteiger partial charge on any atom is -0.287 e. The Morgan fingerprint density at radius 3 is 3.38 bits per heavy atom. The van der Waals surface area contributed by atoms with Gasteiger partial charge in [-0.3, -0.25) is 9.95 Å². The first-order chi connectivity index (χ1) is 6.34. The summed E-state index contributed by atoms with van der Waals surface area (Å²) in [6.07, 6.45) is 1.73. The molecule has 0 spiro atoms. The zero-order chi connectivity index (χ0) is 8.84. The number of hydrazine groups is 2. The Labute approximate surface area is 89.2 Å². The summed E-state index contributed by atoms with van der Waals surface area (Å²) < 4.78 is 2.24. The van der Waals surface area contributed by atoms with Gasteiger partial charge in [-0.1, -0.05) is 10.3 Å². The van der Waals surface area contributed by atoms with Crippen molar-refractivity contribution in [3.05, 3.63) is 11.4 Å². The summed E-state index contributed by atoms with van der Waals surface area (Å²) in [7, 11) is 0. The van der Waals surface area contributed by atoms with Gasteiger partial charge in [-0.25, -0.2) is 3.11 Å². The number of hydrogen-bond donors (Lipinski definition) is 1. The maximum Gasteiger partial charge on any atom is 0.142 e. The molecule has 0 saturated carbocycles. The van der Waals surface area contributed by atoms with Crippen molar-refractivity contribution in [3.63, 3.8) is 0 Å². The molecule has 70 valence electrons. The number of nitrogens with zero attached hydrogens (tertiary/aromatic N) is 4. The van der Waals surface area contributed by atoms with E-state index in [0.29, 0.717) is 0 Å². The lowest BCUT2D eigenvalue weighted by Crippen LogP contribution is -2.46. The predicted molar refractivity (Wildman–Crippen MR) is 53.9 cm³/mol. The molecule has 3 rings (SSSR count). The molecule has 7 heteroatoms. The van der Waals surface area contributed by atoms with Crippen LogP contribution in [0.5, 0.6) is 0 Å². The van der Waals surface area contributed by atoms with Gasteiger partial charge in [0.25, 0.3) is 0 Å². The number of hydrogen-bond acceptors (Lipinski definition) is 6. The van der Waals surface area contributed by atoms with Crippen molar-refractivity contribution >= 4 is 29.1 Å². The molecule has 0 unspecified atom stereocenters. The summed E-state index contributed by atoms with van der Waals surface area (Å²) in [4.78, 5) is 4.98. The van der Waals surface area contributed by atoms with E-state index < -0.39 is 0 Å². The highest BCUT2D eigenvalue weighted by atomic mass is 127. The Kier molecular flexibility index (Phi) is 1.64. The van der Waals surface area contributed by atoms with E-state index in [9.17, 15) is 0 Å². The molecule has 0 radical (unpaired) electrons. The highest BCUT2D eigenvalue weighted by molar-refractivity contribution is 14.1. The van der Waals surface area contributed by atoms with Crippen LogP contribution in [0.25, 0.3) is 0 Å². The summed E-state index contributed by atoms with van der Waals surface area (Å²) in [5, 5.41) is 7.40. The second-order valence-corrected chi connectivity index (χ2v) is 4.40. The lowest BCUT2D eigenvalue weighted by atomic mass is 10.3. The van der Waals surface area contributed by atoms with Gasteiger partial charge in [-0.2, -0.15) is 0 Å². The van der Waals surface area contributed by atoms with Gasteiger partial charge in [-0.05, 0) is 0 Å². The smallest absolute Gasteiger partial charge is 0.142 e. The van der Waals surface area contributed by atoms with Gasteiger partial charge >= 0.3 is 0 Å². The molecule has 1 N–H and O–H groups in total. The Morgan fingerprint density at radius 2 is 2.46 bits per heavy atom. The fraction of sp³-hybridized carbons (Fsp3) is 0.500. The second kappa shape index (κ2) is 2.72. The highest BCUT2D eigenvalue weighted by Gasteiger charge is 2.35. The first-order valence-electron chi connectivity index (χ1n) is 4.03. The third-order valence-electron chi connectivity index (χ3n) is 2.24. The van der Waals surface area contributed by atoms with Gasteiger partial charge in [0.05, 0.1) is 12.2 Å². The largest absolute Gasteiger partial charge is 0.287 e. The standard InChI is InChI=1S/C6H8IN5O/c7-10-1-2-11-6(4-10)5-3-8-13-12(5)9-11/h3,9H,1-2,4H2. The third-order valence-corrected chi connectivity index (χ3v) is 3.07. The molecule has 1 fully saturated rings. The number of halogens is 1. The Balaban J connectivity index is 1.95. The lowest BCUT2D eigenvalue weighted by Gasteiger charge is -2.30. The number of hydroxylamine groups is 1. The van der Waals surface area contributed by atoms with Crippen LogP contribution in [0.3, 0.4) is 0 Å². The molecule has 0 amide bonds. The molecule has 0 atom stereocenters. The van der Waals surface area contributed by atoms with E-state index in [0.717, 1.165) is 25.3 Å². The van der Waals surface area contributed by atoms with Crippen molar-refractivity contribution in [2.75, 3.05) is 19.6 Å². The topological polar surface area (TPSA) is 43.3 Å². The fourth-order valence-electron chi connectivity index (χ4n) is 1.59. The summed E-state index contributed by atoms with van der Waals surface area (Å²) in [5.74, 6) is 0. The van der Waals surface area contributed by atoms with E-state index in [1.807, 2.05) is 0 Å². The zero-order valence-electron chi connectivity index (χ0n) is 6.77. The van der Waals surface area contributed by atoms with E-state index in [2.05, 4.69) is 41.7 Å². The lowest BCUT2D eigenvalue weighted by molar-refractivity contribution is -0.172. The van der Waals surface area contributed by atoms with Crippen LogP contribution in [0.1, 0.15) is 0 Å². The normalized spacial score (nSPS) is 26.5. The Hall–Kier alpha value is -0.540. The fourth-order valence-corrected chi connectivity index (χ4v) is 2.13. The van der Waals surface area contributed by atoms with E-state index >= 15 is 0 Å². The van der Waals surface area contributed by atoms with E-state index in [-0.39, 0.29) is 0 Å². The number of fused-ring (bicyclic) bond motifs is 2. The number of piperazine rings is 1. The molecule has 0 aliphatic carbocycles. The molecule has 6 nitrogen and oxygen atoms in total. The maximum atomic E-state index is 4.98. The minimum absolute atomic E-state index is 0.925. The summed E-state index contributed by atoms with van der Waals surface area (Å²) in [6, 6.07) is 0. The number of oxime groups is 1. The molecule has 3 heterocycles. The average Bonchev–Trinajstić information content (AvgIpc) is 2.64. The quantitative estimate of drug-likeness (QED) is 0.496. The van der Waals surface area contributed by atoms with Crippen molar-refractivity contribution in [3.8, 4) is 0 Å². The molecule has 1 saturated heterocycles. The van der Waals surface area contributed by atoms with E-state index in [4.69, 9.17) is 4.94 Å². The molecule has 0 bridgehead atoms. The molecule has 0 aromatic heterocycles. The highest BCUT2D eigenvalue weighted by Crippen LogP contribution is 2.26. The van der Waals surface area contributed by atoms with Gasteiger partial charge < -0.3 is 0 Å². The summed E-state index contributed by atoms with van der Waals surface area (Å²) in [6.45, 7) is 2.94. The van der Waals surface area contributed by atoms with Crippen molar-refractivity contribution < 1.29 is 4.94 Å². The van der Waals surface area contributed by atoms with E-state index in [1.165, 1.54) is 5.70 Å². The van der Waals surface area contributed by atoms with Crippen LogP contribution in [0, 0.1) is 0 Å². The van der Waals surface area contributed by atoms with Crippen LogP contribution in [-0.4, -0.2) is 39.1 Å². The monoisotopic (exact) mass is 293 g/mol. The average molecular weight is 293 g/mol. The number of allylic oxidation sites excluding steroid dienone is 1. The molecular weight excluding hydrogens is 285 g/mol. The van der Waals surface area contributed by atoms with Crippen molar-refractivity contribution in [2.45, 2.75) is 0 Å². The predicted octanol–water partition coefficient (Wildman–Crippen LogP) is -0.168. The molecule has 0 aromatic rings. The molecule has 3 aliphatic rings. The van der Waals surface area contributed by atoms with Crippen molar-refractivity contribution in [2.24, 2.45) is 5.16 Å².